The number of rotatable bonds is 18. The summed E-state index contributed by atoms with van der Waals surface area (Å²) in [7, 11) is 0. The third-order valence-corrected chi connectivity index (χ3v) is 6.00. The van der Waals surface area contributed by atoms with E-state index in [9.17, 15) is 39.0 Å². The van der Waals surface area contributed by atoms with Crippen LogP contribution in [0.4, 0.5) is 0 Å². The van der Waals surface area contributed by atoms with Gasteiger partial charge in [-0.15, -0.1) is 0 Å². The van der Waals surface area contributed by atoms with Crippen molar-refractivity contribution in [1.29, 1.82) is 0 Å². The van der Waals surface area contributed by atoms with Crippen LogP contribution in [-0.4, -0.2) is 89.6 Å². The van der Waals surface area contributed by atoms with Crippen molar-refractivity contribution < 1.29 is 39.0 Å². The number of nitrogens with two attached hydrogens (primary N) is 1. The van der Waals surface area contributed by atoms with E-state index in [1.54, 1.807) is 13.8 Å². The Morgan fingerprint density at radius 3 is 1.71 bits per heavy atom. The molecule has 5 amide bonds. The maximum absolute atomic E-state index is 12.9. The summed E-state index contributed by atoms with van der Waals surface area (Å²) in [5, 5.41) is 30.8. The zero-order valence-electron chi connectivity index (χ0n) is 24.5. The van der Waals surface area contributed by atoms with Gasteiger partial charge in [0.05, 0.1) is 25.7 Å². The molecular weight excluding hydrogens is 548 g/mol. The molecule has 1 rings (SSSR count). The lowest BCUT2D eigenvalue weighted by molar-refractivity contribution is -0.142. The van der Waals surface area contributed by atoms with Crippen molar-refractivity contribution in [2.45, 2.75) is 71.1 Å². The average Bonchev–Trinajstić information content (AvgIpc) is 2.92. The molecule has 0 aliphatic rings. The number of carbonyl (C=O) groups excluding carboxylic acids is 5. The maximum Gasteiger partial charge on any atom is 0.326 e. The molecule has 0 saturated carbocycles. The second-order valence-corrected chi connectivity index (χ2v) is 10.8. The van der Waals surface area contributed by atoms with Gasteiger partial charge in [0.2, 0.25) is 29.5 Å². The number of benzene rings is 1. The van der Waals surface area contributed by atoms with Crippen molar-refractivity contribution in [3.8, 4) is 0 Å². The van der Waals surface area contributed by atoms with E-state index in [4.69, 9.17) is 5.73 Å². The fraction of sp³-hybridized carbons (Fsp3) is 0.571. The first-order chi connectivity index (χ1) is 19.7. The number of aliphatic hydroxyl groups is 1. The van der Waals surface area contributed by atoms with Crippen LogP contribution < -0.4 is 32.3 Å². The molecule has 0 bridgehead atoms. The Hall–Kier alpha value is -4.04. The fourth-order valence-corrected chi connectivity index (χ4v) is 3.90. The first kappa shape index (κ1) is 36.0. The Morgan fingerprint density at radius 1 is 0.714 bits per heavy atom. The minimum absolute atomic E-state index is 0.00253. The van der Waals surface area contributed by atoms with E-state index in [0.29, 0.717) is 0 Å². The third kappa shape index (κ3) is 14.0. The second kappa shape index (κ2) is 18.4. The summed E-state index contributed by atoms with van der Waals surface area (Å²) in [6.45, 7) is 5.41. The van der Waals surface area contributed by atoms with E-state index in [2.05, 4.69) is 26.6 Å². The van der Waals surface area contributed by atoms with Crippen LogP contribution in [0.2, 0.25) is 0 Å². The van der Waals surface area contributed by atoms with Crippen molar-refractivity contribution in [3.05, 3.63) is 35.9 Å². The molecule has 14 nitrogen and oxygen atoms in total. The minimum Gasteiger partial charge on any atom is -0.480 e. The lowest BCUT2D eigenvalue weighted by atomic mass is 10.0. The van der Waals surface area contributed by atoms with Gasteiger partial charge in [-0.3, -0.25) is 24.0 Å². The van der Waals surface area contributed by atoms with Gasteiger partial charge in [-0.25, -0.2) is 4.79 Å². The quantitative estimate of drug-likeness (QED) is 0.0981. The van der Waals surface area contributed by atoms with Crippen molar-refractivity contribution in [2.24, 2.45) is 17.6 Å². The average molecular weight is 593 g/mol. The van der Waals surface area contributed by atoms with Crippen LogP contribution in [0.5, 0.6) is 0 Å². The van der Waals surface area contributed by atoms with Gasteiger partial charge in [0.25, 0.3) is 0 Å². The molecule has 9 N–H and O–H groups in total. The Balaban J connectivity index is 2.66. The van der Waals surface area contributed by atoms with Gasteiger partial charge < -0.3 is 42.5 Å². The standard InChI is InChI=1S/C28H44N6O8/c1-16(2)10-20(32-23(36)13-30-25(38)19(29)12-18-8-6-5-7-9-18)27(40)34-22(15-35)26(39)31-14-24(37)33-21(28(41)42)11-17(3)4/h5-9,16-17,19-22,35H,10-15,29H2,1-4H3,(H,30,38)(H,31,39)(H,32,36)(H,33,37)(H,34,40)(H,41,42)/t19-,20-,21-,22-/m0/s1. The summed E-state index contributed by atoms with van der Waals surface area (Å²) in [6, 6.07) is 4.58. The highest BCUT2D eigenvalue weighted by Crippen LogP contribution is 2.07. The molecule has 0 spiro atoms. The van der Waals surface area contributed by atoms with Crippen LogP contribution in [0, 0.1) is 11.8 Å². The minimum atomic E-state index is -1.45. The number of aliphatic carboxylic acids is 1. The van der Waals surface area contributed by atoms with E-state index >= 15 is 0 Å². The largest absolute Gasteiger partial charge is 0.480 e. The van der Waals surface area contributed by atoms with E-state index in [1.165, 1.54) is 0 Å². The molecule has 0 heterocycles. The summed E-state index contributed by atoms with van der Waals surface area (Å²) >= 11 is 0. The molecule has 1 aromatic carbocycles. The van der Waals surface area contributed by atoms with E-state index < -0.39 is 79.4 Å². The molecule has 0 unspecified atom stereocenters. The molecule has 0 aliphatic carbocycles. The van der Waals surface area contributed by atoms with Crippen LogP contribution in [0.15, 0.2) is 30.3 Å². The molecule has 0 radical (unpaired) electrons. The van der Waals surface area contributed by atoms with Crippen LogP contribution in [0.3, 0.4) is 0 Å². The zero-order chi connectivity index (χ0) is 31.8. The topological polar surface area (TPSA) is 229 Å². The van der Waals surface area contributed by atoms with Gasteiger partial charge in [-0.2, -0.15) is 0 Å². The van der Waals surface area contributed by atoms with Crippen molar-refractivity contribution in [3.63, 3.8) is 0 Å². The van der Waals surface area contributed by atoms with E-state index in [1.807, 2.05) is 44.2 Å². The van der Waals surface area contributed by atoms with Crippen LogP contribution in [-0.2, 0) is 35.2 Å². The number of carbonyl (C=O) groups is 6. The predicted octanol–water partition coefficient (Wildman–Crippen LogP) is -1.59. The number of aliphatic hydroxyl groups excluding tert-OH is 1. The Bertz CT molecular complexity index is 1070. The Kier molecular flexibility index (Phi) is 15.8. The smallest absolute Gasteiger partial charge is 0.326 e. The van der Waals surface area contributed by atoms with Crippen LogP contribution in [0.1, 0.15) is 46.1 Å². The summed E-state index contributed by atoms with van der Waals surface area (Å²) in [5.74, 6) is -4.86. The fourth-order valence-electron chi connectivity index (χ4n) is 3.90. The summed E-state index contributed by atoms with van der Waals surface area (Å²) < 4.78 is 0. The van der Waals surface area contributed by atoms with Gasteiger partial charge in [-0.05, 0) is 36.7 Å². The van der Waals surface area contributed by atoms with Crippen LogP contribution >= 0.6 is 0 Å². The van der Waals surface area contributed by atoms with Crippen molar-refractivity contribution in [2.75, 3.05) is 19.7 Å². The number of amides is 5. The second-order valence-electron chi connectivity index (χ2n) is 10.8. The summed E-state index contributed by atoms with van der Waals surface area (Å²) in [6.07, 6.45) is 0.655. The van der Waals surface area contributed by atoms with Gasteiger partial charge >= 0.3 is 5.97 Å². The van der Waals surface area contributed by atoms with Crippen LogP contribution in [0.25, 0.3) is 0 Å². The van der Waals surface area contributed by atoms with Gasteiger partial charge in [-0.1, -0.05) is 58.0 Å². The number of nitrogens with one attached hydrogen (secondary N) is 5. The zero-order valence-corrected chi connectivity index (χ0v) is 24.5. The Morgan fingerprint density at radius 2 is 1.21 bits per heavy atom. The van der Waals surface area contributed by atoms with Crippen molar-refractivity contribution in [1.82, 2.24) is 26.6 Å². The van der Waals surface area contributed by atoms with E-state index in [0.717, 1.165) is 5.56 Å². The molecule has 234 valence electrons. The number of carboxylic acid groups (broad SMARTS) is 1. The molecular formula is C28H44N6O8. The number of hydrogen-bond donors (Lipinski definition) is 8. The lowest BCUT2D eigenvalue weighted by Crippen LogP contribution is -2.57. The highest BCUT2D eigenvalue weighted by atomic mass is 16.4. The first-order valence-corrected chi connectivity index (χ1v) is 13.8. The van der Waals surface area contributed by atoms with E-state index in [-0.39, 0.29) is 31.1 Å². The molecule has 0 aliphatic heterocycles. The highest BCUT2D eigenvalue weighted by Gasteiger charge is 2.28. The van der Waals surface area contributed by atoms with Gasteiger partial charge in [0, 0.05) is 0 Å². The first-order valence-electron chi connectivity index (χ1n) is 13.8. The molecule has 42 heavy (non-hydrogen) atoms. The molecule has 0 fully saturated rings. The molecule has 0 saturated heterocycles. The summed E-state index contributed by atoms with van der Waals surface area (Å²) in [5.41, 5.74) is 6.79. The predicted molar refractivity (Wildman–Crippen MR) is 154 cm³/mol. The van der Waals surface area contributed by atoms with Crippen molar-refractivity contribution >= 4 is 35.5 Å². The number of hydrogen-bond acceptors (Lipinski definition) is 8. The highest BCUT2D eigenvalue weighted by molar-refractivity contribution is 5.94. The maximum atomic E-state index is 12.9. The number of carboxylic acids is 1. The monoisotopic (exact) mass is 592 g/mol. The lowest BCUT2D eigenvalue weighted by Gasteiger charge is -2.23. The molecule has 1 aromatic rings. The SMILES string of the molecule is CC(C)C[C@H](NC(=O)CNC(=O)[C@H](CO)NC(=O)[C@H](CC(C)C)NC(=O)CNC(=O)[C@@H](N)Cc1ccccc1)C(=O)O. The van der Waals surface area contributed by atoms with Gasteiger partial charge in [0.1, 0.15) is 18.1 Å². The summed E-state index contributed by atoms with van der Waals surface area (Å²) in [4.78, 5) is 73.8. The molecule has 14 heteroatoms. The molecule has 4 atom stereocenters. The normalized spacial score (nSPS) is 13.8. The Labute approximate surface area is 245 Å². The van der Waals surface area contributed by atoms with Gasteiger partial charge in [0.15, 0.2) is 0 Å². The molecule has 0 aromatic heterocycles. The third-order valence-electron chi connectivity index (χ3n) is 6.00.